The molecular formula is C10H22N2O. The highest BCUT2D eigenvalue weighted by molar-refractivity contribution is 4.86. The van der Waals surface area contributed by atoms with Crippen LogP contribution in [-0.2, 0) is 4.74 Å². The molecule has 0 aromatic carbocycles. The van der Waals surface area contributed by atoms with E-state index in [0.29, 0.717) is 12.6 Å². The summed E-state index contributed by atoms with van der Waals surface area (Å²) in [7, 11) is 3.94. The average Bonchev–Trinajstić information content (AvgIpc) is 2.52. The molecule has 1 heterocycles. The van der Waals surface area contributed by atoms with Crippen LogP contribution in [0.2, 0.25) is 0 Å². The van der Waals surface area contributed by atoms with Gasteiger partial charge in [0.25, 0.3) is 0 Å². The molecule has 0 aromatic rings. The van der Waals surface area contributed by atoms with E-state index < -0.39 is 0 Å². The van der Waals surface area contributed by atoms with Crippen molar-refractivity contribution in [3.05, 3.63) is 0 Å². The lowest BCUT2D eigenvalue weighted by Gasteiger charge is -2.32. The molecule has 3 nitrogen and oxygen atoms in total. The Kier molecular flexibility index (Phi) is 3.71. The van der Waals surface area contributed by atoms with Gasteiger partial charge in [0, 0.05) is 19.7 Å². The van der Waals surface area contributed by atoms with Crippen molar-refractivity contribution in [2.24, 2.45) is 5.73 Å². The lowest BCUT2D eigenvalue weighted by molar-refractivity contribution is -0.00883. The first kappa shape index (κ1) is 11.0. The van der Waals surface area contributed by atoms with Gasteiger partial charge in [0.1, 0.15) is 0 Å². The third kappa shape index (κ3) is 2.66. The van der Waals surface area contributed by atoms with Crippen LogP contribution in [0.25, 0.3) is 0 Å². The number of likely N-dealkylation sites (tertiary alicyclic amines) is 1. The average molecular weight is 186 g/mol. The largest absolute Gasteiger partial charge is 0.377 e. The van der Waals surface area contributed by atoms with Crippen LogP contribution in [-0.4, -0.2) is 43.8 Å². The van der Waals surface area contributed by atoms with Crippen LogP contribution in [0, 0.1) is 0 Å². The summed E-state index contributed by atoms with van der Waals surface area (Å²) in [5, 5.41) is 0. The third-order valence-corrected chi connectivity index (χ3v) is 3.26. The van der Waals surface area contributed by atoms with Gasteiger partial charge in [-0.1, -0.05) is 0 Å². The molecule has 2 unspecified atom stereocenters. The zero-order valence-electron chi connectivity index (χ0n) is 9.05. The van der Waals surface area contributed by atoms with Gasteiger partial charge in [0.15, 0.2) is 0 Å². The van der Waals surface area contributed by atoms with Crippen molar-refractivity contribution in [1.29, 1.82) is 0 Å². The fraction of sp³-hybridized carbons (Fsp3) is 1.00. The van der Waals surface area contributed by atoms with Crippen molar-refractivity contribution in [2.45, 2.75) is 37.8 Å². The number of nitrogens with two attached hydrogens (primary N) is 1. The second-order valence-corrected chi connectivity index (χ2v) is 4.34. The number of rotatable bonds is 4. The van der Waals surface area contributed by atoms with Crippen LogP contribution in [0.1, 0.15) is 26.2 Å². The summed E-state index contributed by atoms with van der Waals surface area (Å²) in [6, 6.07) is 0.661. The predicted molar refractivity (Wildman–Crippen MR) is 54.7 cm³/mol. The molecule has 0 bridgehead atoms. The van der Waals surface area contributed by atoms with Crippen LogP contribution in [0.4, 0.5) is 0 Å². The number of ether oxygens (including phenoxy) is 1. The maximum Gasteiger partial charge on any atom is 0.0787 e. The molecule has 1 aliphatic rings. The first-order valence-corrected chi connectivity index (χ1v) is 5.07. The lowest BCUT2D eigenvalue weighted by Crippen LogP contribution is -2.42. The fourth-order valence-corrected chi connectivity index (χ4v) is 1.99. The first-order valence-electron chi connectivity index (χ1n) is 5.07. The molecule has 0 aromatic heterocycles. The van der Waals surface area contributed by atoms with Gasteiger partial charge in [-0.25, -0.2) is 0 Å². The highest BCUT2D eigenvalue weighted by Crippen LogP contribution is 2.25. The van der Waals surface area contributed by atoms with Gasteiger partial charge < -0.3 is 15.4 Å². The van der Waals surface area contributed by atoms with Crippen LogP contribution in [0.15, 0.2) is 0 Å². The van der Waals surface area contributed by atoms with Crippen LogP contribution >= 0.6 is 0 Å². The number of hydrogen-bond donors (Lipinski definition) is 1. The zero-order chi connectivity index (χ0) is 9.90. The summed E-state index contributed by atoms with van der Waals surface area (Å²) >= 11 is 0. The van der Waals surface area contributed by atoms with Crippen molar-refractivity contribution in [2.75, 3.05) is 27.2 Å². The highest BCUT2D eigenvalue weighted by atomic mass is 16.5. The molecule has 1 saturated heterocycles. The summed E-state index contributed by atoms with van der Waals surface area (Å²) in [6.45, 7) is 3.92. The van der Waals surface area contributed by atoms with Crippen molar-refractivity contribution in [3.8, 4) is 0 Å². The molecule has 0 aliphatic carbocycles. The minimum absolute atomic E-state index is 0.136. The van der Waals surface area contributed by atoms with Gasteiger partial charge in [-0.2, -0.15) is 0 Å². The van der Waals surface area contributed by atoms with Gasteiger partial charge in [-0.05, 0) is 39.8 Å². The fourth-order valence-electron chi connectivity index (χ4n) is 1.99. The smallest absolute Gasteiger partial charge is 0.0787 e. The van der Waals surface area contributed by atoms with E-state index in [2.05, 4.69) is 18.9 Å². The van der Waals surface area contributed by atoms with Gasteiger partial charge in [-0.15, -0.1) is 0 Å². The second-order valence-electron chi connectivity index (χ2n) is 4.34. The van der Waals surface area contributed by atoms with E-state index in [1.807, 2.05) is 0 Å². The van der Waals surface area contributed by atoms with E-state index in [0.717, 1.165) is 6.42 Å². The predicted octanol–water partition coefficient (Wildman–Crippen LogP) is 0.835. The Morgan fingerprint density at radius 3 is 2.69 bits per heavy atom. The number of methoxy groups -OCH3 is 1. The van der Waals surface area contributed by atoms with Crippen LogP contribution in [0.3, 0.4) is 0 Å². The van der Waals surface area contributed by atoms with Crippen molar-refractivity contribution >= 4 is 0 Å². The topological polar surface area (TPSA) is 38.5 Å². The molecule has 13 heavy (non-hydrogen) atoms. The van der Waals surface area contributed by atoms with Crippen molar-refractivity contribution in [3.63, 3.8) is 0 Å². The van der Waals surface area contributed by atoms with Gasteiger partial charge in [0.2, 0.25) is 0 Å². The van der Waals surface area contributed by atoms with Crippen molar-refractivity contribution in [1.82, 2.24) is 4.90 Å². The maximum atomic E-state index is 5.70. The van der Waals surface area contributed by atoms with E-state index in [1.54, 1.807) is 7.11 Å². The Morgan fingerprint density at radius 1 is 1.62 bits per heavy atom. The molecule has 1 fully saturated rings. The molecule has 78 valence electrons. The second kappa shape index (κ2) is 4.40. The highest BCUT2D eigenvalue weighted by Gasteiger charge is 2.30. The van der Waals surface area contributed by atoms with Crippen molar-refractivity contribution < 1.29 is 4.74 Å². The number of nitrogens with zero attached hydrogens (tertiary/aromatic N) is 1. The Labute approximate surface area is 81.2 Å². The maximum absolute atomic E-state index is 5.70. The van der Waals surface area contributed by atoms with E-state index >= 15 is 0 Å². The Hall–Kier alpha value is -0.120. The molecule has 0 saturated carbocycles. The minimum Gasteiger partial charge on any atom is -0.377 e. The third-order valence-electron chi connectivity index (χ3n) is 3.26. The summed E-state index contributed by atoms with van der Waals surface area (Å²) in [5.41, 5.74) is 5.56. The number of hydrogen-bond acceptors (Lipinski definition) is 3. The molecule has 0 radical (unpaired) electrons. The molecule has 1 aliphatic heterocycles. The van der Waals surface area contributed by atoms with Gasteiger partial charge >= 0.3 is 0 Å². The molecule has 2 N–H and O–H groups in total. The summed E-state index contributed by atoms with van der Waals surface area (Å²) in [5.74, 6) is 0. The standard InChI is InChI=1S/C10H22N2O/c1-10(8-11,13-3)7-9-5-4-6-12(9)2/h9H,4-8,11H2,1-3H3. The molecule has 0 spiro atoms. The quantitative estimate of drug-likeness (QED) is 0.707. The molecule has 3 heteroatoms. The summed E-state index contributed by atoms with van der Waals surface area (Å²) in [6.07, 6.45) is 3.65. The molecule has 0 amide bonds. The van der Waals surface area contributed by atoms with E-state index in [-0.39, 0.29) is 5.60 Å². The first-order chi connectivity index (χ1) is 6.11. The summed E-state index contributed by atoms with van der Waals surface area (Å²) in [4.78, 5) is 2.41. The normalized spacial score (nSPS) is 29.1. The van der Waals surface area contributed by atoms with E-state index in [9.17, 15) is 0 Å². The SMILES string of the molecule is COC(C)(CN)CC1CCCN1C. The Morgan fingerprint density at radius 2 is 2.31 bits per heavy atom. The Bertz CT molecular complexity index is 157. The Balaban J connectivity index is 2.45. The summed E-state index contributed by atoms with van der Waals surface area (Å²) < 4.78 is 5.45. The molecular weight excluding hydrogens is 164 g/mol. The lowest BCUT2D eigenvalue weighted by atomic mass is 9.95. The molecule has 1 rings (SSSR count). The zero-order valence-corrected chi connectivity index (χ0v) is 9.05. The minimum atomic E-state index is -0.136. The van der Waals surface area contributed by atoms with Crippen LogP contribution < -0.4 is 5.73 Å². The van der Waals surface area contributed by atoms with Gasteiger partial charge in [-0.3, -0.25) is 0 Å². The monoisotopic (exact) mass is 186 g/mol. The van der Waals surface area contributed by atoms with E-state index in [1.165, 1.54) is 19.4 Å². The molecule has 2 atom stereocenters. The van der Waals surface area contributed by atoms with Gasteiger partial charge in [0.05, 0.1) is 5.60 Å². The van der Waals surface area contributed by atoms with E-state index in [4.69, 9.17) is 10.5 Å². The van der Waals surface area contributed by atoms with Crippen LogP contribution in [0.5, 0.6) is 0 Å².